The number of nitrogens with zero attached hydrogens (tertiary/aromatic N) is 1. The third kappa shape index (κ3) is 2.40. The molecule has 2 N–H and O–H groups in total. The van der Waals surface area contributed by atoms with Crippen LogP contribution in [0.3, 0.4) is 0 Å². The summed E-state index contributed by atoms with van der Waals surface area (Å²) in [4.78, 5) is 0. The van der Waals surface area contributed by atoms with E-state index in [-0.39, 0.29) is 0 Å². The fourth-order valence-corrected chi connectivity index (χ4v) is 0.905. The quantitative estimate of drug-likeness (QED) is 0.545. The van der Waals surface area contributed by atoms with E-state index in [1.54, 1.807) is 5.01 Å². The molecule has 0 bridgehead atoms. The molecule has 0 fully saturated rings. The van der Waals surface area contributed by atoms with Crippen LogP contribution >= 0.6 is 0 Å². The van der Waals surface area contributed by atoms with Crippen LogP contribution in [0.2, 0.25) is 0 Å². The lowest BCUT2D eigenvalue weighted by molar-refractivity contribution is 1.06. The molecule has 12 heavy (non-hydrogen) atoms. The fourth-order valence-electron chi connectivity index (χ4n) is 0.905. The first-order valence-electron chi connectivity index (χ1n) is 4.10. The topological polar surface area (TPSA) is 29.3 Å². The lowest BCUT2D eigenvalue weighted by Gasteiger charge is -2.12. The molecule has 2 heteroatoms. The summed E-state index contributed by atoms with van der Waals surface area (Å²) in [6, 6.07) is 9.85. The zero-order chi connectivity index (χ0) is 8.81. The number of rotatable bonds is 3. The van der Waals surface area contributed by atoms with Gasteiger partial charge >= 0.3 is 0 Å². The molecular weight excluding hydrogens is 148 g/mol. The second-order valence-electron chi connectivity index (χ2n) is 2.54. The van der Waals surface area contributed by atoms with E-state index in [0.717, 1.165) is 12.1 Å². The normalized spacial score (nSPS) is 10.5. The second-order valence-corrected chi connectivity index (χ2v) is 2.54. The highest BCUT2D eigenvalue weighted by atomic mass is 15.4. The van der Waals surface area contributed by atoms with Crippen LogP contribution in [0.1, 0.15) is 13.3 Å². The molecule has 0 amide bonds. The molecular formula is C10H14N2. The van der Waals surface area contributed by atoms with Crippen LogP contribution in [0.4, 0.5) is 5.69 Å². The molecule has 0 aliphatic heterocycles. The van der Waals surface area contributed by atoms with Crippen molar-refractivity contribution in [2.75, 3.05) is 5.01 Å². The average Bonchev–Trinajstić information content (AvgIpc) is 2.15. The highest BCUT2D eigenvalue weighted by molar-refractivity contribution is 5.46. The Bertz CT molecular complexity index is 241. The van der Waals surface area contributed by atoms with Gasteiger partial charge in [0.05, 0.1) is 5.69 Å². The van der Waals surface area contributed by atoms with E-state index in [2.05, 4.69) is 6.92 Å². The van der Waals surface area contributed by atoms with Crippen LogP contribution in [0.5, 0.6) is 0 Å². The van der Waals surface area contributed by atoms with Gasteiger partial charge in [0.2, 0.25) is 0 Å². The van der Waals surface area contributed by atoms with Gasteiger partial charge in [-0.2, -0.15) is 0 Å². The fraction of sp³-hybridized carbons (Fsp3) is 0.200. The highest BCUT2D eigenvalue weighted by Gasteiger charge is 1.92. The van der Waals surface area contributed by atoms with Crippen LogP contribution in [0, 0.1) is 0 Å². The zero-order valence-electron chi connectivity index (χ0n) is 7.27. The highest BCUT2D eigenvalue weighted by Crippen LogP contribution is 2.08. The van der Waals surface area contributed by atoms with E-state index < -0.39 is 0 Å². The molecule has 0 heterocycles. The Kier molecular flexibility index (Phi) is 3.35. The molecule has 0 atom stereocenters. The van der Waals surface area contributed by atoms with Crippen LogP contribution in [0.15, 0.2) is 42.6 Å². The molecule has 0 radical (unpaired) electrons. The number of allylic oxidation sites excluding steroid dienone is 1. The molecule has 1 aromatic rings. The molecule has 0 saturated carbocycles. The SMILES string of the molecule is CCC=CN(N)c1ccccc1. The van der Waals surface area contributed by atoms with Crippen LogP contribution in [-0.2, 0) is 0 Å². The number of hydrogen-bond donors (Lipinski definition) is 1. The summed E-state index contributed by atoms with van der Waals surface area (Å²) in [7, 11) is 0. The van der Waals surface area contributed by atoms with Crippen LogP contribution < -0.4 is 10.9 Å². The van der Waals surface area contributed by atoms with Crippen molar-refractivity contribution in [3.8, 4) is 0 Å². The molecule has 1 rings (SSSR count). The monoisotopic (exact) mass is 162 g/mol. The van der Waals surface area contributed by atoms with Crippen molar-refractivity contribution in [3.63, 3.8) is 0 Å². The Hall–Kier alpha value is -1.28. The van der Waals surface area contributed by atoms with E-state index in [4.69, 9.17) is 5.84 Å². The van der Waals surface area contributed by atoms with Gasteiger partial charge < -0.3 is 0 Å². The minimum atomic E-state index is 1.00. The van der Waals surface area contributed by atoms with Gasteiger partial charge in [0.15, 0.2) is 0 Å². The summed E-state index contributed by atoms with van der Waals surface area (Å²) in [5.74, 6) is 5.73. The van der Waals surface area contributed by atoms with Crippen molar-refractivity contribution in [1.82, 2.24) is 0 Å². The van der Waals surface area contributed by atoms with Crippen molar-refractivity contribution in [3.05, 3.63) is 42.6 Å². The van der Waals surface area contributed by atoms with Gasteiger partial charge in [0, 0.05) is 6.20 Å². The summed E-state index contributed by atoms with van der Waals surface area (Å²) in [6.45, 7) is 2.08. The van der Waals surface area contributed by atoms with Crippen molar-refractivity contribution >= 4 is 5.69 Å². The van der Waals surface area contributed by atoms with Crippen molar-refractivity contribution < 1.29 is 0 Å². The lowest BCUT2D eigenvalue weighted by Crippen LogP contribution is -2.23. The van der Waals surface area contributed by atoms with Crippen molar-refractivity contribution in [2.24, 2.45) is 5.84 Å². The predicted molar refractivity (Wildman–Crippen MR) is 52.5 cm³/mol. The van der Waals surface area contributed by atoms with Gasteiger partial charge in [-0.3, -0.25) is 5.01 Å². The van der Waals surface area contributed by atoms with Crippen LogP contribution in [-0.4, -0.2) is 0 Å². The number of nitrogens with two attached hydrogens (primary N) is 1. The molecule has 1 aromatic carbocycles. The van der Waals surface area contributed by atoms with Crippen LogP contribution in [0.25, 0.3) is 0 Å². The van der Waals surface area contributed by atoms with E-state index in [1.165, 1.54) is 0 Å². The first-order chi connectivity index (χ1) is 5.84. The number of benzene rings is 1. The first kappa shape index (κ1) is 8.81. The second kappa shape index (κ2) is 4.57. The maximum atomic E-state index is 5.73. The number of anilines is 1. The first-order valence-corrected chi connectivity index (χ1v) is 4.10. The standard InChI is InChI=1S/C10H14N2/c1-2-3-9-12(11)10-7-5-4-6-8-10/h3-9H,2,11H2,1H3. The average molecular weight is 162 g/mol. The zero-order valence-corrected chi connectivity index (χ0v) is 7.27. The molecule has 0 aliphatic rings. The Morgan fingerprint density at radius 1 is 1.33 bits per heavy atom. The molecule has 0 aliphatic carbocycles. The molecule has 2 nitrogen and oxygen atoms in total. The Balaban J connectivity index is 2.65. The van der Waals surface area contributed by atoms with Gasteiger partial charge in [0.1, 0.15) is 0 Å². The Morgan fingerprint density at radius 3 is 2.58 bits per heavy atom. The lowest BCUT2D eigenvalue weighted by atomic mass is 10.3. The minimum absolute atomic E-state index is 1.00. The van der Waals surface area contributed by atoms with Gasteiger partial charge in [-0.1, -0.05) is 31.2 Å². The maximum Gasteiger partial charge on any atom is 0.0568 e. The molecule has 0 unspecified atom stereocenters. The Morgan fingerprint density at radius 2 is 2.00 bits per heavy atom. The Labute approximate surface area is 73.3 Å². The van der Waals surface area contributed by atoms with E-state index in [1.807, 2.05) is 42.6 Å². The predicted octanol–water partition coefficient (Wildman–Crippen LogP) is 2.29. The third-order valence-corrected chi connectivity index (χ3v) is 1.56. The van der Waals surface area contributed by atoms with Gasteiger partial charge in [-0.15, -0.1) is 0 Å². The summed E-state index contributed by atoms with van der Waals surface area (Å²) >= 11 is 0. The van der Waals surface area contributed by atoms with E-state index in [9.17, 15) is 0 Å². The number of hydrazine groups is 1. The third-order valence-electron chi connectivity index (χ3n) is 1.56. The summed E-state index contributed by atoms with van der Waals surface area (Å²) in [5, 5.41) is 1.61. The van der Waals surface area contributed by atoms with Crippen molar-refractivity contribution in [1.29, 1.82) is 0 Å². The smallest absolute Gasteiger partial charge is 0.0568 e. The number of para-hydroxylation sites is 1. The maximum absolute atomic E-state index is 5.73. The molecule has 0 aromatic heterocycles. The molecule has 64 valence electrons. The summed E-state index contributed by atoms with van der Waals surface area (Å²) in [5.41, 5.74) is 1.00. The molecule has 0 spiro atoms. The molecule has 0 saturated heterocycles. The van der Waals surface area contributed by atoms with E-state index in [0.29, 0.717) is 0 Å². The largest absolute Gasteiger partial charge is 0.287 e. The van der Waals surface area contributed by atoms with Gasteiger partial charge in [-0.05, 0) is 18.6 Å². The summed E-state index contributed by atoms with van der Waals surface area (Å²) < 4.78 is 0. The number of hydrogen-bond acceptors (Lipinski definition) is 2. The van der Waals surface area contributed by atoms with E-state index >= 15 is 0 Å². The minimum Gasteiger partial charge on any atom is -0.287 e. The van der Waals surface area contributed by atoms with Gasteiger partial charge in [-0.25, -0.2) is 5.84 Å². The van der Waals surface area contributed by atoms with Crippen molar-refractivity contribution in [2.45, 2.75) is 13.3 Å². The summed E-state index contributed by atoms with van der Waals surface area (Å²) in [6.07, 6.45) is 4.89. The van der Waals surface area contributed by atoms with Gasteiger partial charge in [0.25, 0.3) is 0 Å².